The van der Waals surface area contributed by atoms with Crippen LogP contribution in [0.1, 0.15) is 67.2 Å². The van der Waals surface area contributed by atoms with Gasteiger partial charge in [-0.1, -0.05) is 27.7 Å². The van der Waals surface area contributed by atoms with Gasteiger partial charge in [0.25, 0.3) is 0 Å². The number of esters is 4. The molecule has 2 heterocycles. The van der Waals surface area contributed by atoms with Crippen molar-refractivity contribution in [3.05, 3.63) is 0 Å². The van der Waals surface area contributed by atoms with Gasteiger partial charge < -0.3 is 39.4 Å². The molecule has 3 aliphatic carbocycles. The van der Waals surface area contributed by atoms with E-state index in [1.54, 1.807) is 41.5 Å². The summed E-state index contributed by atoms with van der Waals surface area (Å²) < 4.78 is 21.9. The monoisotopic (exact) mass is 540 g/mol. The van der Waals surface area contributed by atoms with Crippen LogP contribution in [0.25, 0.3) is 0 Å². The minimum absolute atomic E-state index is 0.158. The molecule has 0 aromatic rings. The SMILES string of the molecule is CC1(C)[C@@]2(C(=O)O[C@H]3C(O)[C@H](OC(=O)[C@@]45CC[C@@](C)(C(=O)O4)C5(C)C)[C@@H](O)C(O)[C@H]3O)CC[C@]1(C)C(=O)O2. The van der Waals surface area contributed by atoms with Crippen LogP contribution >= 0.6 is 0 Å². The molecule has 0 aromatic carbocycles. The van der Waals surface area contributed by atoms with Gasteiger partial charge in [0.1, 0.15) is 24.4 Å². The topological polar surface area (TPSA) is 186 Å². The van der Waals surface area contributed by atoms with Gasteiger partial charge in [-0.05, 0) is 39.5 Å². The Morgan fingerprint density at radius 2 is 0.974 bits per heavy atom. The van der Waals surface area contributed by atoms with Crippen molar-refractivity contribution in [1.29, 1.82) is 0 Å². The van der Waals surface area contributed by atoms with Gasteiger partial charge in [0.15, 0.2) is 12.2 Å². The molecule has 38 heavy (non-hydrogen) atoms. The summed E-state index contributed by atoms with van der Waals surface area (Å²) in [5.41, 5.74) is -7.19. The minimum Gasteiger partial charge on any atom is -0.454 e. The molecule has 2 aliphatic heterocycles. The van der Waals surface area contributed by atoms with Gasteiger partial charge in [-0.25, -0.2) is 9.59 Å². The van der Waals surface area contributed by atoms with Gasteiger partial charge in [-0.3, -0.25) is 9.59 Å². The highest BCUT2D eigenvalue weighted by Crippen LogP contribution is 2.67. The first-order chi connectivity index (χ1) is 17.3. The maximum atomic E-state index is 13.4. The molecule has 3 saturated carbocycles. The molecule has 12 nitrogen and oxygen atoms in total. The molecule has 2 saturated heterocycles. The first-order valence-corrected chi connectivity index (χ1v) is 13.0. The normalized spacial score (nSPS) is 49.9. The van der Waals surface area contributed by atoms with Crippen LogP contribution in [0.4, 0.5) is 0 Å². The highest BCUT2D eigenvalue weighted by molar-refractivity contribution is 5.94. The first kappa shape index (κ1) is 27.3. The highest BCUT2D eigenvalue weighted by atomic mass is 16.6. The summed E-state index contributed by atoms with van der Waals surface area (Å²) in [6.07, 6.45) is -10.5. The molecule has 2 unspecified atom stereocenters. The smallest absolute Gasteiger partial charge is 0.351 e. The summed E-state index contributed by atoms with van der Waals surface area (Å²) >= 11 is 0. The van der Waals surface area contributed by atoms with Gasteiger partial charge in [-0.15, -0.1) is 0 Å². The summed E-state index contributed by atoms with van der Waals surface area (Å²) in [4.78, 5) is 52.0. The van der Waals surface area contributed by atoms with E-state index in [9.17, 15) is 39.6 Å². The second kappa shape index (κ2) is 7.67. The van der Waals surface area contributed by atoms with Crippen molar-refractivity contribution in [3.63, 3.8) is 0 Å². The molecular weight excluding hydrogens is 504 g/mol. The fourth-order valence-electron chi connectivity index (χ4n) is 7.30. The van der Waals surface area contributed by atoms with Crippen LogP contribution < -0.4 is 0 Å². The molecule has 0 amide bonds. The molecule has 12 heteroatoms. The Kier molecular flexibility index (Phi) is 5.51. The van der Waals surface area contributed by atoms with Crippen molar-refractivity contribution in [2.45, 2.75) is 115 Å². The molecule has 5 fully saturated rings. The zero-order chi connectivity index (χ0) is 28.4. The Hall–Kier alpha value is -2.28. The number of aliphatic hydroxyl groups is 4. The standard InChI is InChI=1S/C26H36O12/c1-21(2)23(5)7-9-25(21,37-17(23)31)19(33)35-15-12(28)11(27)13(29)16(14(15)30)36-20(34)26-10-8-24(6,18(32)38-26)22(26,3)4/h11-16,27-30H,7-10H2,1-6H3/t11?,12-,13+,14?,15-,16-,23-,24+,25+,26-/m1/s1. The molecule has 5 rings (SSSR count). The Morgan fingerprint density at radius 1 is 0.632 bits per heavy atom. The third-order valence-electron chi connectivity index (χ3n) is 11.4. The van der Waals surface area contributed by atoms with Gasteiger partial charge >= 0.3 is 23.9 Å². The van der Waals surface area contributed by atoms with Crippen LogP contribution in [0, 0.1) is 21.7 Å². The van der Waals surface area contributed by atoms with Crippen LogP contribution in [0.2, 0.25) is 0 Å². The maximum Gasteiger partial charge on any atom is 0.351 e. The van der Waals surface area contributed by atoms with Crippen LogP contribution in [0.15, 0.2) is 0 Å². The predicted molar refractivity (Wildman–Crippen MR) is 124 cm³/mol. The Bertz CT molecular complexity index is 1030. The van der Waals surface area contributed by atoms with E-state index in [2.05, 4.69) is 0 Å². The van der Waals surface area contributed by atoms with Crippen LogP contribution in [0.5, 0.6) is 0 Å². The van der Waals surface area contributed by atoms with E-state index < -0.39 is 93.4 Å². The number of hydrogen-bond donors (Lipinski definition) is 4. The summed E-state index contributed by atoms with van der Waals surface area (Å²) in [5.74, 6) is -3.17. The number of carbonyl (C=O) groups excluding carboxylic acids is 4. The minimum atomic E-state index is -1.97. The first-order valence-electron chi connectivity index (χ1n) is 13.0. The van der Waals surface area contributed by atoms with Gasteiger partial charge in [0, 0.05) is 10.8 Å². The predicted octanol–water partition coefficient (Wildman–Crippen LogP) is -0.489. The molecular formula is C26H36O12. The van der Waals surface area contributed by atoms with E-state index >= 15 is 0 Å². The Balaban J connectivity index is 1.39. The van der Waals surface area contributed by atoms with E-state index in [4.69, 9.17) is 18.9 Å². The van der Waals surface area contributed by atoms with E-state index in [1.807, 2.05) is 0 Å². The van der Waals surface area contributed by atoms with E-state index in [0.29, 0.717) is 12.8 Å². The average molecular weight is 541 g/mol. The Labute approximate surface area is 219 Å². The second-order valence-electron chi connectivity index (χ2n) is 13.0. The fourth-order valence-corrected chi connectivity index (χ4v) is 7.30. The largest absolute Gasteiger partial charge is 0.454 e. The van der Waals surface area contributed by atoms with Crippen molar-refractivity contribution in [2.24, 2.45) is 21.7 Å². The van der Waals surface area contributed by atoms with E-state index in [1.165, 1.54) is 0 Å². The van der Waals surface area contributed by atoms with Crippen LogP contribution in [-0.4, -0.2) is 92.1 Å². The number of ether oxygens (including phenoxy) is 4. The summed E-state index contributed by atoms with van der Waals surface area (Å²) in [7, 11) is 0. The lowest BCUT2D eigenvalue weighted by Crippen LogP contribution is -2.67. The van der Waals surface area contributed by atoms with Crippen LogP contribution in [0.3, 0.4) is 0 Å². The molecule has 0 spiro atoms. The summed E-state index contributed by atoms with van der Waals surface area (Å²) in [5, 5.41) is 42.8. The number of rotatable bonds is 4. The lowest BCUT2D eigenvalue weighted by molar-refractivity contribution is -0.253. The zero-order valence-electron chi connectivity index (χ0n) is 22.3. The maximum absolute atomic E-state index is 13.4. The fraction of sp³-hybridized carbons (Fsp3) is 0.846. The van der Waals surface area contributed by atoms with E-state index in [0.717, 1.165) is 0 Å². The number of aliphatic hydroxyl groups excluding tert-OH is 4. The molecule has 4 N–H and O–H groups in total. The third kappa shape index (κ3) is 2.79. The molecule has 0 radical (unpaired) electrons. The van der Waals surface area contributed by atoms with Gasteiger partial charge in [0.2, 0.25) is 11.2 Å². The van der Waals surface area contributed by atoms with Crippen molar-refractivity contribution in [1.82, 2.24) is 0 Å². The van der Waals surface area contributed by atoms with Crippen molar-refractivity contribution < 1.29 is 58.6 Å². The lowest BCUT2D eigenvalue weighted by Gasteiger charge is -2.45. The molecule has 212 valence electrons. The van der Waals surface area contributed by atoms with Crippen LogP contribution in [-0.2, 0) is 38.1 Å². The second-order valence-corrected chi connectivity index (χ2v) is 13.0. The van der Waals surface area contributed by atoms with Crippen molar-refractivity contribution in [2.75, 3.05) is 0 Å². The summed E-state index contributed by atoms with van der Waals surface area (Å²) in [6, 6.07) is 0. The number of hydrogen-bond acceptors (Lipinski definition) is 12. The van der Waals surface area contributed by atoms with Crippen molar-refractivity contribution >= 4 is 23.9 Å². The Morgan fingerprint density at radius 3 is 1.24 bits per heavy atom. The quantitative estimate of drug-likeness (QED) is 0.265. The number of carbonyl (C=O) groups is 4. The third-order valence-corrected chi connectivity index (χ3v) is 11.4. The van der Waals surface area contributed by atoms with Crippen molar-refractivity contribution in [3.8, 4) is 0 Å². The summed E-state index contributed by atoms with van der Waals surface area (Å²) in [6.45, 7) is 10.2. The highest BCUT2D eigenvalue weighted by Gasteiger charge is 2.78. The van der Waals surface area contributed by atoms with E-state index in [-0.39, 0.29) is 12.8 Å². The molecule has 10 atom stereocenters. The molecule has 5 aliphatic rings. The molecule has 0 aromatic heterocycles. The van der Waals surface area contributed by atoms with Gasteiger partial charge in [-0.2, -0.15) is 0 Å². The number of fused-ring (bicyclic) bond motifs is 4. The average Bonchev–Trinajstić information content (AvgIpc) is 3.31. The van der Waals surface area contributed by atoms with Gasteiger partial charge in [0.05, 0.1) is 10.8 Å². The zero-order valence-corrected chi connectivity index (χ0v) is 22.3. The lowest BCUT2D eigenvalue weighted by atomic mass is 9.66. The molecule has 4 bridgehead atoms.